The predicted molar refractivity (Wildman–Crippen MR) is 87.0 cm³/mol. The molecule has 1 spiro atoms. The highest BCUT2D eigenvalue weighted by molar-refractivity contribution is 5.59. The lowest BCUT2D eigenvalue weighted by atomic mass is 9.49. The normalized spacial score (nSPS) is 36.4. The van der Waals surface area contributed by atoms with E-state index in [0.717, 1.165) is 43.1 Å². The topological polar surface area (TPSA) is 39.7 Å². The molecule has 2 aliphatic heterocycles. The third-order valence-corrected chi connectivity index (χ3v) is 6.59. The van der Waals surface area contributed by atoms with Crippen molar-refractivity contribution in [2.45, 2.75) is 30.7 Å². The minimum atomic E-state index is 0.145. The van der Waals surface area contributed by atoms with E-state index in [2.05, 4.69) is 23.5 Å². The Hall–Kier alpha value is -1.68. The van der Waals surface area contributed by atoms with Crippen molar-refractivity contribution >= 4 is 0 Å². The first-order chi connectivity index (χ1) is 11.3. The molecule has 1 fully saturated rings. The maximum absolute atomic E-state index is 6.23. The Morgan fingerprint density at radius 1 is 1.26 bits per heavy atom. The Morgan fingerprint density at radius 2 is 2.17 bits per heavy atom. The molecule has 1 saturated heterocycles. The number of rotatable bonds is 2. The molecule has 0 amide bonds. The van der Waals surface area contributed by atoms with Crippen LogP contribution in [0.15, 0.2) is 24.0 Å². The fraction of sp³-hybridized carbons (Fsp3) is 0.579. The second-order valence-corrected chi connectivity index (χ2v) is 7.20. The van der Waals surface area contributed by atoms with E-state index < -0.39 is 0 Å². The molecule has 4 heteroatoms. The number of benzene rings is 1. The van der Waals surface area contributed by atoms with Gasteiger partial charge in [-0.2, -0.15) is 0 Å². The summed E-state index contributed by atoms with van der Waals surface area (Å²) < 4.78 is 17.6. The number of ether oxygens (including phenoxy) is 3. The van der Waals surface area contributed by atoms with E-state index in [0.29, 0.717) is 24.5 Å². The van der Waals surface area contributed by atoms with Gasteiger partial charge in [0.1, 0.15) is 0 Å². The summed E-state index contributed by atoms with van der Waals surface area (Å²) in [6.07, 6.45) is 5.63. The molecule has 2 aliphatic carbocycles. The summed E-state index contributed by atoms with van der Waals surface area (Å²) in [6.45, 7) is 1.76. The van der Waals surface area contributed by atoms with Gasteiger partial charge in [0.05, 0.1) is 32.5 Å². The molecule has 0 radical (unpaired) electrons. The average molecular weight is 313 g/mol. The molecule has 0 aromatic heterocycles. The average Bonchev–Trinajstić information content (AvgIpc) is 2.58. The molecule has 2 heterocycles. The quantitative estimate of drug-likeness (QED) is 0.910. The number of nitrogens with one attached hydrogen (secondary N) is 1. The molecule has 1 N–H and O–H groups in total. The standard InChI is InChI=1S/C19H23NO3/c1-21-15-6-4-12-14-9-11-3-5-16(22-2)18-17(11)19(12,7-8-20-14)13(15)10-23-18/h3,5-6,12-14,20H,4,7-10H2,1-2H3/t12?,13?,14?,19-/m1/s1. The zero-order chi connectivity index (χ0) is 15.6. The van der Waals surface area contributed by atoms with Gasteiger partial charge in [0.15, 0.2) is 11.5 Å². The number of piperidine rings is 1. The van der Waals surface area contributed by atoms with E-state index in [4.69, 9.17) is 14.2 Å². The maximum atomic E-state index is 6.23. The van der Waals surface area contributed by atoms with Crippen LogP contribution in [-0.2, 0) is 16.6 Å². The third-order valence-electron chi connectivity index (χ3n) is 6.59. The predicted octanol–water partition coefficient (Wildman–Crippen LogP) is 2.41. The zero-order valence-electron chi connectivity index (χ0n) is 13.7. The smallest absolute Gasteiger partial charge is 0.165 e. The van der Waals surface area contributed by atoms with Crippen LogP contribution in [0.4, 0.5) is 0 Å². The molecule has 0 saturated carbocycles. The van der Waals surface area contributed by atoms with Crippen molar-refractivity contribution in [1.29, 1.82) is 0 Å². The highest BCUT2D eigenvalue weighted by Crippen LogP contribution is 2.62. The van der Waals surface area contributed by atoms with Crippen LogP contribution in [0.5, 0.6) is 11.5 Å². The van der Waals surface area contributed by atoms with Crippen LogP contribution >= 0.6 is 0 Å². The van der Waals surface area contributed by atoms with Gasteiger partial charge < -0.3 is 19.5 Å². The van der Waals surface area contributed by atoms with Gasteiger partial charge in [0.25, 0.3) is 0 Å². The van der Waals surface area contributed by atoms with Gasteiger partial charge in [-0.1, -0.05) is 6.07 Å². The van der Waals surface area contributed by atoms with E-state index in [9.17, 15) is 0 Å². The maximum Gasteiger partial charge on any atom is 0.165 e. The molecule has 23 heavy (non-hydrogen) atoms. The molecule has 122 valence electrons. The molecule has 4 nitrogen and oxygen atoms in total. The van der Waals surface area contributed by atoms with Crippen molar-refractivity contribution in [1.82, 2.24) is 5.32 Å². The van der Waals surface area contributed by atoms with Crippen molar-refractivity contribution in [2.75, 3.05) is 27.4 Å². The van der Waals surface area contributed by atoms with Crippen LogP contribution < -0.4 is 14.8 Å². The van der Waals surface area contributed by atoms with E-state index in [1.807, 2.05) is 0 Å². The molecule has 1 aromatic rings. The number of allylic oxidation sites excluding steroid dienone is 1. The van der Waals surface area contributed by atoms with Crippen molar-refractivity contribution < 1.29 is 14.2 Å². The summed E-state index contributed by atoms with van der Waals surface area (Å²) in [7, 11) is 3.53. The van der Waals surface area contributed by atoms with Crippen LogP contribution in [-0.4, -0.2) is 33.4 Å². The molecular formula is C19H23NO3. The van der Waals surface area contributed by atoms with E-state index in [1.165, 1.54) is 11.1 Å². The number of hydrogen-bond acceptors (Lipinski definition) is 4. The largest absolute Gasteiger partial charge is 0.501 e. The van der Waals surface area contributed by atoms with Crippen LogP contribution in [0, 0.1) is 11.8 Å². The summed E-state index contributed by atoms with van der Waals surface area (Å²) in [5.74, 6) is 3.94. The van der Waals surface area contributed by atoms with Gasteiger partial charge in [-0.3, -0.25) is 0 Å². The van der Waals surface area contributed by atoms with Crippen LogP contribution in [0.3, 0.4) is 0 Å². The molecule has 4 atom stereocenters. The Morgan fingerprint density at radius 3 is 3.00 bits per heavy atom. The lowest BCUT2D eigenvalue weighted by molar-refractivity contribution is 0.000985. The Kier molecular flexibility index (Phi) is 2.79. The van der Waals surface area contributed by atoms with Crippen molar-refractivity contribution in [3.63, 3.8) is 0 Å². The molecule has 4 aliphatic rings. The summed E-state index contributed by atoms with van der Waals surface area (Å²) >= 11 is 0. The van der Waals surface area contributed by atoms with E-state index in [1.54, 1.807) is 14.2 Å². The summed E-state index contributed by atoms with van der Waals surface area (Å²) in [5, 5.41) is 3.77. The first-order valence-corrected chi connectivity index (χ1v) is 8.60. The van der Waals surface area contributed by atoms with E-state index in [-0.39, 0.29) is 5.41 Å². The Bertz CT molecular complexity index is 698. The first kappa shape index (κ1) is 13.7. The van der Waals surface area contributed by atoms with Gasteiger partial charge >= 0.3 is 0 Å². The van der Waals surface area contributed by atoms with Gasteiger partial charge in [-0.15, -0.1) is 0 Å². The second-order valence-electron chi connectivity index (χ2n) is 7.20. The van der Waals surface area contributed by atoms with Gasteiger partial charge in [0.2, 0.25) is 0 Å². The molecular weight excluding hydrogens is 290 g/mol. The van der Waals surface area contributed by atoms with Gasteiger partial charge in [-0.05, 0) is 49.4 Å². The molecule has 3 unspecified atom stereocenters. The zero-order valence-corrected chi connectivity index (χ0v) is 13.7. The highest BCUT2D eigenvalue weighted by atomic mass is 16.5. The Labute approximate surface area is 136 Å². The lowest BCUT2D eigenvalue weighted by Gasteiger charge is -2.60. The molecule has 1 aromatic carbocycles. The highest BCUT2D eigenvalue weighted by Gasteiger charge is 2.60. The summed E-state index contributed by atoms with van der Waals surface area (Å²) in [5.41, 5.74) is 2.99. The van der Waals surface area contributed by atoms with Crippen molar-refractivity contribution in [3.05, 3.63) is 35.1 Å². The minimum absolute atomic E-state index is 0.145. The van der Waals surface area contributed by atoms with Crippen LogP contribution in [0.25, 0.3) is 0 Å². The number of methoxy groups -OCH3 is 2. The SMILES string of the molecule is COC1=CCC2C3Cc4ccc(OC)c5c4[C@@]2(CCN3)C1CO5. The van der Waals surface area contributed by atoms with E-state index >= 15 is 0 Å². The van der Waals surface area contributed by atoms with Crippen LogP contribution in [0.2, 0.25) is 0 Å². The second kappa shape index (κ2) is 4.67. The minimum Gasteiger partial charge on any atom is -0.501 e. The van der Waals surface area contributed by atoms with Gasteiger partial charge in [0, 0.05) is 17.0 Å². The number of hydrogen-bond donors (Lipinski definition) is 1. The molecule has 2 bridgehead atoms. The molecule has 5 rings (SSSR count). The monoisotopic (exact) mass is 313 g/mol. The Balaban J connectivity index is 1.81. The van der Waals surface area contributed by atoms with Crippen molar-refractivity contribution in [2.24, 2.45) is 11.8 Å². The van der Waals surface area contributed by atoms with Crippen molar-refractivity contribution in [3.8, 4) is 11.5 Å². The van der Waals surface area contributed by atoms with Crippen LogP contribution in [0.1, 0.15) is 24.0 Å². The fourth-order valence-electron chi connectivity index (χ4n) is 5.75. The van der Waals surface area contributed by atoms with Gasteiger partial charge in [-0.25, -0.2) is 0 Å². The summed E-state index contributed by atoms with van der Waals surface area (Å²) in [6, 6.07) is 4.87. The lowest BCUT2D eigenvalue weighted by Crippen LogP contribution is -2.64. The third kappa shape index (κ3) is 1.55. The first-order valence-electron chi connectivity index (χ1n) is 8.60. The fourth-order valence-corrected chi connectivity index (χ4v) is 5.75. The summed E-state index contributed by atoms with van der Waals surface area (Å²) in [4.78, 5) is 0.